The summed E-state index contributed by atoms with van der Waals surface area (Å²) in [6.07, 6.45) is -2.15. The number of carboxylic acid groups (broad SMARTS) is 2. The van der Waals surface area contributed by atoms with Crippen LogP contribution in [0.3, 0.4) is 0 Å². The second kappa shape index (κ2) is 7.75. The number of carbonyl (C=O) groups excluding carboxylic acids is 3. The Morgan fingerprint density at radius 2 is 2.03 bits per heavy atom. The Labute approximate surface area is 182 Å². The lowest BCUT2D eigenvalue weighted by atomic mass is 9.89. The Morgan fingerprint density at radius 3 is 2.66 bits per heavy atom. The first-order valence-electron chi connectivity index (χ1n) is 8.99. The minimum atomic E-state index is -1.36. The van der Waals surface area contributed by atoms with E-state index in [0.717, 1.165) is 26.2 Å². The monoisotopic (exact) mass is 468 g/mol. The van der Waals surface area contributed by atoms with Crippen LogP contribution in [-0.2, 0) is 25.7 Å². The Bertz CT molecular complexity index is 1070. The van der Waals surface area contributed by atoms with Gasteiger partial charge in [0.2, 0.25) is 5.16 Å². The lowest BCUT2D eigenvalue weighted by molar-refractivity contribution is -0.182. The third kappa shape index (κ3) is 3.21. The molecule has 1 aromatic heterocycles. The van der Waals surface area contributed by atoms with Crippen molar-refractivity contribution in [3.63, 3.8) is 0 Å². The number of aliphatic carboxylic acids is 1. The van der Waals surface area contributed by atoms with Gasteiger partial charge in [-0.25, -0.2) is 19.1 Å². The fourth-order valence-electron chi connectivity index (χ4n) is 3.77. The summed E-state index contributed by atoms with van der Waals surface area (Å²) in [5.74, 6) is -2.66. The molecule has 1 unspecified atom stereocenters. The molecule has 2 saturated heterocycles. The van der Waals surface area contributed by atoms with E-state index >= 15 is 0 Å². The van der Waals surface area contributed by atoms with E-state index in [2.05, 4.69) is 15.5 Å². The number of β-lactam (4-membered cyclic amide) rings is 1. The maximum Gasteiger partial charge on any atom is 0.409 e. The molecule has 1 aromatic rings. The minimum absolute atomic E-state index is 0.00735. The number of carbonyl (C=O) groups is 5. The van der Waals surface area contributed by atoms with Gasteiger partial charge in [-0.05, 0) is 10.4 Å². The first-order valence-corrected chi connectivity index (χ1v) is 9.97. The number of hydrogen-bond acceptors (Lipinski definition) is 10. The highest BCUT2D eigenvalue weighted by atomic mass is 32.2. The Balaban J connectivity index is 1.54. The highest BCUT2D eigenvalue weighted by molar-refractivity contribution is 7.99. The van der Waals surface area contributed by atoms with Gasteiger partial charge in [-0.3, -0.25) is 24.3 Å². The average Bonchev–Trinajstić information content (AvgIpc) is 3.31. The molecule has 0 radical (unpaired) electrons. The molecule has 0 bridgehead atoms. The summed E-state index contributed by atoms with van der Waals surface area (Å²) in [6.45, 7) is -0.768. The standard InChI is InChI=1S/C15H16N8O8S/c1-20(13(16)28)6(24)2-22-14(17-18-19-22)32-3-5-7(12(26)27)23-8-9(11(23)25)21(15(29)30)4-31-10(5)8/h8-10H,2-4H2,1H3,(H2,16,28)(H,26,27)(H,29,30)/t8-,9-,10?/m0/s1. The number of amides is 5. The normalized spacial score (nSPS) is 23.7. The van der Waals surface area contributed by atoms with E-state index in [9.17, 15) is 34.2 Å². The summed E-state index contributed by atoms with van der Waals surface area (Å²) in [5.41, 5.74) is 5.05. The lowest BCUT2D eigenvalue weighted by Gasteiger charge is -2.51. The second-order valence-corrected chi connectivity index (χ2v) is 7.93. The van der Waals surface area contributed by atoms with Gasteiger partial charge < -0.3 is 20.7 Å². The number of urea groups is 1. The minimum Gasteiger partial charge on any atom is -0.477 e. The van der Waals surface area contributed by atoms with Crippen molar-refractivity contribution < 1.29 is 38.9 Å². The van der Waals surface area contributed by atoms with E-state index in [0.29, 0.717) is 4.90 Å². The largest absolute Gasteiger partial charge is 0.477 e. The molecule has 4 heterocycles. The number of aromatic nitrogens is 4. The number of imide groups is 1. The molecule has 4 N–H and O–H groups in total. The van der Waals surface area contributed by atoms with Crippen molar-refractivity contribution in [3.05, 3.63) is 11.3 Å². The first kappa shape index (κ1) is 21.5. The van der Waals surface area contributed by atoms with Crippen molar-refractivity contribution in [2.24, 2.45) is 5.73 Å². The molecule has 5 amide bonds. The third-order valence-corrected chi connectivity index (χ3v) is 6.34. The molecule has 3 aliphatic rings. The van der Waals surface area contributed by atoms with Gasteiger partial charge in [-0.2, -0.15) is 0 Å². The van der Waals surface area contributed by atoms with Crippen molar-refractivity contribution in [3.8, 4) is 0 Å². The Morgan fingerprint density at radius 1 is 1.31 bits per heavy atom. The van der Waals surface area contributed by atoms with Crippen LogP contribution in [0.4, 0.5) is 9.59 Å². The summed E-state index contributed by atoms with van der Waals surface area (Å²) in [4.78, 5) is 61.5. The van der Waals surface area contributed by atoms with Crippen LogP contribution in [0.25, 0.3) is 0 Å². The van der Waals surface area contributed by atoms with Gasteiger partial charge in [0, 0.05) is 18.4 Å². The van der Waals surface area contributed by atoms with Crippen LogP contribution in [0.1, 0.15) is 0 Å². The summed E-state index contributed by atoms with van der Waals surface area (Å²) in [7, 11) is 1.20. The number of hydrogen-bond donors (Lipinski definition) is 3. The van der Waals surface area contributed by atoms with E-state index in [1.165, 1.54) is 7.05 Å². The molecule has 3 atom stereocenters. The van der Waals surface area contributed by atoms with Gasteiger partial charge in [-0.1, -0.05) is 11.8 Å². The predicted octanol–water partition coefficient (Wildman–Crippen LogP) is -2.43. The van der Waals surface area contributed by atoms with E-state index in [4.69, 9.17) is 10.5 Å². The Hall–Kier alpha value is -3.73. The molecule has 0 aliphatic carbocycles. The fraction of sp³-hybridized carbons (Fsp3) is 0.467. The third-order valence-electron chi connectivity index (χ3n) is 5.33. The number of ether oxygens (including phenoxy) is 1. The van der Waals surface area contributed by atoms with Crippen molar-refractivity contribution in [1.82, 2.24) is 34.9 Å². The zero-order valence-electron chi connectivity index (χ0n) is 16.3. The summed E-state index contributed by atoms with van der Waals surface area (Å²) < 4.78 is 6.70. The van der Waals surface area contributed by atoms with Crippen molar-refractivity contribution in [2.45, 2.75) is 29.9 Å². The molecule has 16 nitrogen and oxygen atoms in total. The molecule has 3 aliphatic heterocycles. The van der Waals surface area contributed by atoms with Crippen LogP contribution in [0, 0.1) is 0 Å². The maximum absolute atomic E-state index is 12.5. The molecule has 0 saturated carbocycles. The summed E-state index contributed by atoms with van der Waals surface area (Å²) >= 11 is 0.990. The van der Waals surface area contributed by atoms with Gasteiger partial charge in [0.15, 0.2) is 0 Å². The van der Waals surface area contributed by atoms with Gasteiger partial charge in [0.1, 0.15) is 31.1 Å². The number of rotatable bonds is 6. The average molecular weight is 468 g/mol. The number of carboxylic acids is 1. The molecular weight excluding hydrogens is 452 g/mol. The van der Waals surface area contributed by atoms with Gasteiger partial charge >= 0.3 is 18.1 Å². The highest BCUT2D eigenvalue weighted by Gasteiger charge is 2.65. The molecule has 0 aromatic carbocycles. The zero-order chi connectivity index (χ0) is 23.3. The first-order chi connectivity index (χ1) is 15.1. The van der Waals surface area contributed by atoms with Gasteiger partial charge in [-0.15, -0.1) is 5.10 Å². The van der Waals surface area contributed by atoms with Crippen LogP contribution in [0.15, 0.2) is 16.4 Å². The van der Waals surface area contributed by atoms with Crippen LogP contribution >= 0.6 is 11.8 Å². The fourth-order valence-corrected chi connectivity index (χ4v) is 4.70. The van der Waals surface area contributed by atoms with Crippen molar-refractivity contribution >= 4 is 41.7 Å². The second-order valence-electron chi connectivity index (χ2n) is 6.99. The van der Waals surface area contributed by atoms with Crippen molar-refractivity contribution in [2.75, 3.05) is 19.5 Å². The van der Waals surface area contributed by atoms with E-state index < -0.39 is 48.1 Å². The molecule has 170 valence electrons. The van der Waals surface area contributed by atoms with Crippen LogP contribution in [0.5, 0.6) is 0 Å². The molecule has 0 spiro atoms. The SMILES string of the molecule is CN(C(N)=O)C(=O)Cn1nnnc1SCC1=C(C(=O)O)N2C(=O)[C@@H]3[C@H]2C1OCN3C(=O)O. The lowest BCUT2D eigenvalue weighted by Crippen LogP contribution is -2.75. The maximum atomic E-state index is 12.5. The van der Waals surface area contributed by atoms with Gasteiger partial charge in [0.25, 0.3) is 11.8 Å². The topological polar surface area (TPSA) is 214 Å². The molecular formula is C15H16N8O8S. The predicted molar refractivity (Wildman–Crippen MR) is 99.6 cm³/mol. The molecule has 17 heteroatoms. The number of nitrogens with two attached hydrogens (primary N) is 1. The number of tetrazole rings is 1. The molecule has 4 rings (SSSR count). The summed E-state index contributed by atoms with van der Waals surface area (Å²) in [5, 5.41) is 30.0. The Kier molecular flexibility index (Phi) is 5.21. The number of thioether (sulfide) groups is 1. The quantitative estimate of drug-likeness (QED) is 0.293. The van der Waals surface area contributed by atoms with E-state index in [-0.39, 0.29) is 35.5 Å². The molecule has 32 heavy (non-hydrogen) atoms. The number of nitrogens with zero attached hydrogens (tertiary/aromatic N) is 7. The van der Waals surface area contributed by atoms with E-state index in [1.807, 2.05) is 0 Å². The van der Waals surface area contributed by atoms with Crippen LogP contribution in [-0.4, -0.2) is 113 Å². The zero-order valence-corrected chi connectivity index (χ0v) is 17.1. The van der Waals surface area contributed by atoms with Crippen LogP contribution < -0.4 is 5.73 Å². The van der Waals surface area contributed by atoms with Crippen molar-refractivity contribution in [1.29, 1.82) is 0 Å². The number of primary amides is 1. The van der Waals surface area contributed by atoms with E-state index in [1.54, 1.807) is 0 Å². The molecule has 2 fully saturated rings. The van der Waals surface area contributed by atoms with Crippen LogP contribution in [0.2, 0.25) is 0 Å². The number of likely N-dealkylation sites (N-methyl/N-ethyl adjacent to an activating group) is 1. The smallest absolute Gasteiger partial charge is 0.409 e. The highest BCUT2D eigenvalue weighted by Crippen LogP contribution is 2.46. The summed E-state index contributed by atoms with van der Waals surface area (Å²) in [6, 6.07) is -2.74. The van der Waals surface area contributed by atoms with Gasteiger partial charge in [0.05, 0.1) is 6.04 Å².